The Balaban J connectivity index is 1.56. The molecule has 0 saturated carbocycles. The number of aryl methyl sites for hydroxylation is 3. The maximum atomic E-state index is 13.4. The van der Waals surface area contributed by atoms with Crippen molar-refractivity contribution >= 4 is 10.9 Å². The molecule has 34 heavy (non-hydrogen) atoms. The van der Waals surface area contributed by atoms with Crippen LogP contribution >= 0.6 is 0 Å². The molecule has 1 fully saturated rings. The van der Waals surface area contributed by atoms with E-state index >= 15 is 0 Å². The van der Waals surface area contributed by atoms with Gasteiger partial charge in [0.25, 0.3) is 0 Å². The Bertz CT molecular complexity index is 1010. The van der Waals surface area contributed by atoms with E-state index in [1.54, 1.807) is 7.11 Å². The number of piperazine rings is 1. The van der Waals surface area contributed by atoms with Crippen LogP contribution < -0.4 is 14.9 Å². The van der Waals surface area contributed by atoms with E-state index in [1.165, 1.54) is 0 Å². The third-order valence-corrected chi connectivity index (χ3v) is 7.04. The number of benzene rings is 1. The van der Waals surface area contributed by atoms with Crippen molar-refractivity contribution in [3.63, 3.8) is 0 Å². The highest BCUT2D eigenvalue weighted by atomic mass is 16.5. The van der Waals surface area contributed by atoms with Crippen LogP contribution in [0, 0.1) is 6.92 Å². The van der Waals surface area contributed by atoms with Gasteiger partial charge >= 0.3 is 0 Å². The van der Waals surface area contributed by atoms with Gasteiger partial charge in [0.1, 0.15) is 11.5 Å². The largest absolute Gasteiger partial charge is 0.493 e. The third kappa shape index (κ3) is 5.75. The minimum atomic E-state index is 0.113. The second-order valence-corrected chi connectivity index (χ2v) is 9.59. The standard InChI is InChI=1S/C27H41N3O4/c1-4-16-33-24-19-23-22(8-5-6-17-34-23)25-26(24)30(20-21(2)27(25)31)10-7-9-28-11-13-29(14-12-28)15-18-32-3/h19-20H,4-18H2,1-3H3. The van der Waals surface area contributed by atoms with Gasteiger partial charge in [-0.3, -0.25) is 9.69 Å². The van der Waals surface area contributed by atoms with Crippen LogP contribution in [0.1, 0.15) is 43.7 Å². The van der Waals surface area contributed by atoms with E-state index in [9.17, 15) is 4.79 Å². The Hall–Kier alpha value is -2.09. The molecule has 0 radical (unpaired) electrons. The molecule has 0 N–H and O–H groups in total. The summed E-state index contributed by atoms with van der Waals surface area (Å²) >= 11 is 0. The Labute approximate surface area is 203 Å². The molecule has 0 amide bonds. The monoisotopic (exact) mass is 471 g/mol. The predicted octanol–water partition coefficient (Wildman–Crippen LogP) is 3.47. The molecule has 2 aliphatic heterocycles. The molecule has 3 heterocycles. The second-order valence-electron chi connectivity index (χ2n) is 9.59. The van der Waals surface area contributed by atoms with E-state index in [1.807, 2.05) is 19.2 Å². The second kappa shape index (κ2) is 12.0. The lowest BCUT2D eigenvalue weighted by atomic mass is 9.99. The third-order valence-electron chi connectivity index (χ3n) is 7.04. The molecule has 0 atom stereocenters. The molecule has 188 valence electrons. The molecule has 0 aliphatic carbocycles. The Morgan fingerprint density at radius 1 is 1.03 bits per heavy atom. The van der Waals surface area contributed by atoms with Crippen molar-refractivity contribution in [1.29, 1.82) is 0 Å². The molecule has 7 heteroatoms. The molecule has 7 nitrogen and oxygen atoms in total. The Morgan fingerprint density at radius 3 is 2.53 bits per heavy atom. The topological polar surface area (TPSA) is 56.2 Å². The van der Waals surface area contributed by atoms with Gasteiger partial charge in [-0.1, -0.05) is 6.92 Å². The highest BCUT2D eigenvalue weighted by molar-refractivity contribution is 5.91. The Kier molecular flexibility index (Phi) is 8.86. The summed E-state index contributed by atoms with van der Waals surface area (Å²) < 4.78 is 19.7. The van der Waals surface area contributed by atoms with E-state index in [4.69, 9.17) is 14.2 Å². The van der Waals surface area contributed by atoms with E-state index in [0.717, 1.165) is 118 Å². The highest BCUT2D eigenvalue weighted by Crippen LogP contribution is 2.37. The molecule has 0 spiro atoms. The summed E-state index contributed by atoms with van der Waals surface area (Å²) in [7, 11) is 1.77. The van der Waals surface area contributed by atoms with Gasteiger partial charge in [-0.05, 0) is 45.6 Å². The van der Waals surface area contributed by atoms with Crippen LogP contribution in [0.25, 0.3) is 10.9 Å². The average molecular weight is 472 g/mol. The van der Waals surface area contributed by atoms with Crippen LogP contribution in [-0.4, -0.2) is 80.6 Å². The van der Waals surface area contributed by atoms with Gasteiger partial charge in [0, 0.05) is 69.8 Å². The van der Waals surface area contributed by atoms with Crippen LogP contribution in [0.4, 0.5) is 0 Å². The summed E-state index contributed by atoms with van der Waals surface area (Å²) in [5, 5.41) is 0.803. The molecular weight excluding hydrogens is 430 g/mol. The number of aromatic nitrogens is 1. The van der Waals surface area contributed by atoms with Crippen molar-refractivity contribution in [1.82, 2.24) is 14.4 Å². The first-order chi connectivity index (χ1) is 16.6. The maximum absolute atomic E-state index is 13.4. The summed E-state index contributed by atoms with van der Waals surface area (Å²) in [5.74, 6) is 1.61. The summed E-state index contributed by atoms with van der Waals surface area (Å²) in [6.45, 7) is 13.5. The van der Waals surface area contributed by atoms with Gasteiger partial charge in [0.2, 0.25) is 0 Å². The van der Waals surface area contributed by atoms with Gasteiger partial charge in [-0.2, -0.15) is 0 Å². The maximum Gasteiger partial charge on any atom is 0.192 e. The number of pyridine rings is 1. The number of rotatable bonds is 10. The summed E-state index contributed by atoms with van der Waals surface area (Å²) in [6.07, 6.45) is 6.92. The molecule has 4 rings (SSSR count). The van der Waals surface area contributed by atoms with E-state index < -0.39 is 0 Å². The zero-order valence-corrected chi connectivity index (χ0v) is 21.2. The lowest BCUT2D eigenvalue weighted by molar-refractivity contribution is 0.0959. The fraction of sp³-hybridized carbons (Fsp3) is 0.667. The van der Waals surface area contributed by atoms with Crippen LogP contribution in [0.3, 0.4) is 0 Å². The quantitative estimate of drug-likeness (QED) is 0.529. The summed E-state index contributed by atoms with van der Waals surface area (Å²) in [5.41, 5.74) is 2.91. The number of methoxy groups -OCH3 is 1. The number of fused-ring (bicyclic) bond motifs is 3. The van der Waals surface area contributed by atoms with E-state index in [2.05, 4.69) is 21.3 Å². The molecule has 1 saturated heterocycles. The van der Waals surface area contributed by atoms with Crippen LogP contribution in [0.5, 0.6) is 11.5 Å². The lowest BCUT2D eigenvalue weighted by Crippen LogP contribution is -2.47. The lowest BCUT2D eigenvalue weighted by Gasteiger charge is -2.34. The van der Waals surface area contributed by atoms with Crippen molar-refractivity contribution < 1.29 is 14.2 Å². The number of ether oxygens (including phenoxy) is 3. The number of hydrogen-bond acceptors (Lipinski definition) is 6. The predicted molar refractivity (Wildman–Crippen MR) is 137 cm³/mol. The molecule has 2 aromatic rings. The highest BCUT2D eigenvalue weighted by Gasteiger charge is 2.22. The molecule has 0 unspecified atom stereocenters. The Morgan fingerprint density at radius 2 is 1.79 bits per heavy atom. The van der Waals surface area contributed by atoms with E-state index in [-0.39, 0.29) is 5.43 Å². The SMILES string of the molecule is CCCOc1cc2c(c3c(=O)c(C)cn(CCCN4CCN(CCOC)CC4)c13)CCCCO2. The van der Waals surface area contributed by atoms with Crippen LogP contribution in [-0.2, 0) is 17.7 Å². The van der Waals surface area contributed by atoms with Crippen molar-refractivity contribution in [2.75, 3.05) is 66.2 Å². The first kappa shape index (κ1) is 25.0. The normalized spacial score (nSPS) is 17.4. The van der Waals surface area contributed by atoms with Gasteiger partial charge in [-0.25, -0.2) is 0 Å². The fourth-order valence-electron chi connectivity index (χ4n) is 5.13. The minimum Gasteiger partial charge on any atom is -0.493 e. The molecule has 1 aromatic carbocycles. The van der Waals surface area contributed by atoms with Gasteiger partial charge in [0.05, 0.1) is 30.7 Å². The zero-order valence-electron chi connectivity index (χ0n) is 21.2. The number of hydrogen-bond donors (Lipinski definition) is 0. The number of nitrogens with zero attached hydrogens (tertiary/aromatic N) is 3. The van der Waals surface area contributed by atoms with Gasteiger partial charge in [-0.15, -0.1) is 0 Å². The summed E-state index contributed by atoms with van der Waals surface area (Å²) in [6, 6.07) is 2.03. The molecule has 0 bridgehead atoms. The summed E-state index contributed by atoms with van der Waals surface area (Å²) in [4.78, 5) is 18.4. The van der Waals surface area contributed by atoms with Crippen molar-refractivity contribution in [2.24, 2.45) is 0 Å². The first-order valence-corrected chi connectivity index (χ1v) is 13.0. The van der Waals surface area contributed by atoms with Crippen LogP contribution in [0.15, 0.2) is 17.1 Å². The van der Waals surface area contributed by atoms with Gasteiger partial charge < -0.3 is 23.7 Å². The van der Waals surface area contributed by atoms with Crippen LogP contribution in [0.2, 0.25) is 0 Å². The molecule has 2 aliphatic rings. The van der Waals surface area contributed by atoms with Crippen molar-refractivity contribution in [2.45, 2.75) is 52.5 Å². The van der Waals surface area contributed by atoms with E-state index in [0.29, 0.717) is 13.2 Å². The van der Waals surface area contributed by atoms with Crippen molar-refractivity contribution in [3.8, 4) is 11.5 Å². The van der Waals surface area contributed by atoms with Gasteiger partial charge in [0.15, 0.2) is 5.43 Å². The fourth-order valence-corrected chi connectivity index (χ4v) is 5.13. The molecule has 1 aromatic heterocycles. The smallest absolute Gasteiger partial charge is 0.192 e. The van der Waals surface area contributed by atoms with Crippen molar-refractivity contribution in [3.05, 3.63) is 33.6 Å². The average Bonchev–Trinajstić information content (AvgIpc) is 3.10. The first-order valence-electron chi connectivity index (χ1n) is 13.0. The minimum absolute atomic E-state index is 0.113. The zero-order chi connectivity index (χ0) is 23.9. The molecular formula is C27H41N3O4.